The van der Waals surface area contributed by atoms with E-state index in [-0.39, 0.29) is 69.4 Å². The zero-order valence-electron chi connectivity index (χ0n) is 52.7. The Balaban J connectivity index is 1.76. The number of aromatic hydroxyl groups is 1. The summed E-state index contributed by atoms with van der Waals surface area (Å²) in [4.78, 5) is 206. The number of nitrogens with two attached hydrogens (primary N) is 1. The number of aliphatic hydroxyl groups is 1. The Bertz CT molecular complexity index is 3020. The largest absolute Gasteiger partial charge is 0.508 e. The number of phenolic OH excluding ortho intramolecular Hbond substituents is 1. The Kier molecular flexibility index (Phi) is 32.2. The number of Topliss-reactive ketones (excluding diaryl/α,β-unsaturated/α-hetero) is 1. The summed E-state index contributed by atoms with van der Waals surface area (Å²) in [7, 11) is -1.54. The predicted molar refractivity (Wildman–Crippen MR) is 328 cm³/mol. The summed E-state index contributed by atoms with van der Waals surface area (Å²) in [5.41, 5.74) is 6.04. The van der Waals surface area contributed by atoms with Crippen molar-refractivity contribution in [1.82, 2.24) is 68.0 Å². The molecule has 3 rings (SSSR count). The number of primary amides is 1. The zero-order chi connectivity index (χ0) is 69.8. The van der Waals surface area contributed by atoms with Gasteiger partial charge in [0, 0.05) is 73.9 Å². The smallest absolute Gasteiger partial charge is 0.303 e. The van der Waals surface area contributed by atoms with Gasteiger partial charge in [0.2, 0.25) is 70.8 Å². The highest BCUT2D eigenvalue weighted by molar-refractivity contribution is 7.84. The van der Waals surface area contributed by atoms with E-state index in [1.807, 2.05) is 0 Å². The van der Waals surface area contributed by atoms with Crippen molar-refractivity contribution < 1.29 is 96.6 Å². The van der Waals surface area contributed by atoms with Crippen LogP contribution in [0.1, 0.15) is 111 Å². The van der Waals surface area contributed by atoms with Crippen molar-refractivity contribution >= 4 is 99.4 Å². The van der Waals surface area contributed by atoms with Gasteiger partial charge in [-0.25, -0.2) is 4.98 Å². The number of benzene rings is 1. The first-order valence-corrected chi connectivity index (χ1v) is 31.7. The number of carbonyl (C=O) groups excluding carboxylic acids is 13. The van der Waals surface area contributed by atoms with Gasteiger partial charge >= 0.3 is 11.9 Å². The summed E-state index contributed by atoms with van der Waals surface area (Å²) < 4.78 is 12.3. The molecule has 514 valence electrons. The van der Waals surface area contributed by atoms with Crippen LogP contribution in [0.3, 0.4) is 0 Å². The molecule has 1 saturated heterocycles. The van der Waals surface area contributed by atoms with E-state index in [9.17, 15) is 91.4 Å². The molecular formula is C58H86N14O20S. The first-order chi connectivity index (χ1) is 43.8. The van der Waals surface area contributed by atoms with Crippen LogP contribution in [0.25, 0.3) is 0 Å². The third-order valence-electron chi connectivity index (χ3n) is 14.6. The molecule has 11 atom stereocenters. The number of H-pyrrole nitrogens is 1. The Hall–Kier alpha value is -9.41. The van der Waals surface area contributed by atoms with E-state index in [0.717, 1.165) is 6.92 Å². The van der Waals surface area contributed by atoms with E-state index in [1.165, 1.54) is 47.9 Å². The fourth-order valence-corrected chi connectivity index (χ4v) is 10.1. The van der Waals surface area contributed by atoms with E-state index in [4.69, 9.17) is 10.8 Å². The molecule has 0 spiro atoms. The molecule has 35 heteroatoms. The van der Waals surface area contributed by atoms with Crippen LogP contribution < -0.4 is 58.9 Å². The average Bonchev–Trinajstić information content (AvgIpc) is 1.80. The van der Waals surface area contributed by atoms with Gasteiger partial charge in [0.1, 0.15) is 60.1 Å². The number of carboxylic acids is 2. The quantitative estimate of drug-likeness (QED) is 0.0278. The standard InChI is InChI=1S/C58H86N14O20S/c1-8-10-35(65-55(88)42-11-9-21-72(42)58(91)47(30(4)5)71-56(89)46(29(2)3)70-52(85)37(17-19-45(79)80)66-50(83)36(63-31(6)74)16-18-44(77)78)48(81)57(90)61-26-43(76)64-38(20-22-93(7)92)51(84)68-40(24-33-25-60-28-62-33)54(87)67-39(23-32-12-14-34(75)15-13-32)53(86)69-41(27-73)49(59)82/h12-15,25,28-30,35-42,46-47,73,75H,8-11,16-24,26-27H2,1-7H3,(H2,59,82)(H,60,62)(H,61,90)(H,63,74)(H,64,76)(H,65,88)(H,66,83)(H,67,87)(H,68,84)(H,69,86)(H,70,85)(H,71,89)(H,77,78)(H,79,80)/t35-,36-,37-,38-,39-,40-,41-,42?,46-,47-,93?/m0/s1. The minimum absolute atomic E-state index is 0.0119. The number of aliphatic hydroxyl groups excluding tert-OH is 1. The lowest BCUT2D eigenvalue weighted by Gasteiger charge is -2.33. The molecule has 1 aromatic carbocycles. The number of likely N-dealkylation sites (tertiary alicyclic amines) is 1. The van der Waals surface area contributed by atoms with Gasteiger partial charge in [0.25, 0.3) is 5.91 Å². The number of carbonyl (C=O) groups is 15. The second kappa shape index (κ2) is 38.4. The molecule has 0 bridgehead atoms. The van der Waals surface area contributed by atoms with Crippen LogP contribution in [0.4, 0.5) is 0 Å². The van der Waals surface area contributed by atoms with Gasteiger partial charge in [-0.05, 0) is 68.1 Å². The molecule has 0 saturated carbocycles. The molecular weight excluding hydrogens is 1240 g/mol. The number of ketones is 1. The molecule has 1 aliphatic rings. The number of aliphatic carboxylic acids is 2. The van der Waals surface area contributed by atoms with Gasteiger partial charge in [0.15, 0.2) is 0 Å². The van der Waals surface area contributed by atoms with E-state index in [2.05, 4.69) is 63.1 Å². The molecule has 1 aromatic heterocycles. The normalized spacial score (nSPS) is 16.0. The summed E-state index contributed by atoms with van der Waals surface area (Å²) in [6, 6.07) is -9.06. The highest BCUT2D eigenvalue weighted by atomic mass is 32.2. The van der Waals surface area contributed by atoms with Crippen molar-refractivity contribution in [3.63, 3.8) is 0 Å². The number of hydrogen-bond donors (Lipinski definition) is 16. The van der Waals surface area contributed by atoms with Crippen molar-refractivity contribution in [3.05, 3.63) is 48.0 Å². The maximum atomic E-state index is 14.4. The number of nitrogens with zero attached hydrogens (tertiary/aromatic N) is 2. The third kappa shape index (κ3) is 26.4. The lowest BCUT2D eigenvalue weighted by Crippen LogP contribution is -2.61. The molecule has 0 aliphatic carbocycles. The van der Waals surface area contributed by atoms with Crippen molar-refractivity contribution in [2.45, 2.75) is 173 Å². The van der Waals surface area contributed by atoms with Gasteiger partial charge < -0.3 is 89.2 Å². The molecule has 2 heterocycles. The summed E-state index contributed by atoms with van der Waals surface area (Å²) in [6.07, 6.45) is 1.60. The number of carboxylic acid groups (broad SMARTS) is 2. The van der Waals surface area contributed by atoms with Crippen LogP contribution in [0.15, 0.2) is 36.8 Å². The molecule has 2 unspecified atom stereocenters. The fourth-order valence-electron chi connectivity index (χ4n) is 9.57. The van der Waals surface area contributed by atoms with Crippen molar-refractivity contribution in [3.8, 4) is 5.75 Å². The predicted octanol–water partition coefficient (Wildman–Crippen LogP) is -4.95. The minimum Gasteiger partial charge on any atom is -0.508 e. The highest BCUT2D eigenvalue weighted by Gasteiger charge is 2.42. The molecule has 1 aliphatic heterocycles. The topological polar surface area (TPSA) is 532 Å². The Morgan fingerprint density at radius 1 is 0.656 bits per heavy atom. The van der Waals surface area contributed by atoms with Crippen molar-refractivity contribution in [2.24, 2.45) is 17.6 Å². The number of aromatic nitrogens is 2. The number of rotatable bonds is 40. The van der Waals surface area contributed by atoms with Gasteiger partial charge in [-0.15, -0.1) is 0 Å². The van der Waals surface area contributed by atoms with Gasteiger partial charge in [-0.3, -0.25) is 76.1 Å². The van der Waals surface area contributed by atoms with Crippen LogP contribution in [0.2, 0.25) is 0 Å². The molecule has 1 fully saturated rings. The Labute approximate surface area is 537 Å². The van der Waals surface area contributed by atoms with Gasteiger partial charge in [-0.2, -0.15) is 0 Å². The second-order valence-corrected chi connectivity index (χ2v) is 24.4. The summed E-state index contributed by atoms with van der Waals surface area (Å²) in [5, 5.41) is 62.2. The second-order valence-electron chi connectivity index (χ2n) is 22.8. The van der Waals surface area contributed by atoms with E-state index in [0.29, 0.717) is 11.3 Å². The minimum atomic E-state index is -1.60. The van der Waals surface area contributed by atoms with Crippen molar-refractivity contribution in [1.29, 1.82) is 0 Å². The number of phenols is 1. The third-order valence-corrected chi connectivity index (χ3v) is 15.4. The zero-order valence-corrected chi connectivity index (χ0v) is 53.5. The van der Waals surface area contributed by atoms with Crippen molar-refractivity contribution in [2.75, 3.05) is 31.7 Å². The maximum Gasteiger partial charge on any atom is 0.303 e. The van der Waals surface area contributed by atoms with Crippen LogP contribution in [-0.2, 0) is 95.6 Å². The van der Waals surface area contributed by atoms with Crippen LogP contribution >= 0.6 is 0 Å². The summed E-state index contributed by atoms with van der Waals surface area (Å²) >= 11 is 0. The molecule has 34 nitrogen and oxygen atoms in total. The lowest BCUT2D eigenvalue weighted by molar-refractivity contribution is -0.144. The number of aromatic amines is 1. The number of imidazole rings is 1. The van der Waals surface area contributed by atoms with E-state index >= 15 is 0 Å². The first kappa shape index (κ1) is 77.8. The Morgan fingerprint density at radius 3 is 1.68 bits per heavy atom. The Morgan fingerprint density at radius 2 is 1.17 bits per heavy atom. The highest BCUT2D eigenvalue weighted by Crippen LogP contribution is 2.22. The first-order valence-electron chi connectivity index (χ1n) is 30.0. The maximum absolute atomic E-state index is 14.4. The van der Waals surface area contributed by atoms with Gasteiger partial charge in [-0.1, -0.05) is 53.2 Å². The molecule has 2 aromatic rings. The van der Waals surface area contributed by atoms with E-state index < -0.39 is 204 Å². The van der Waals surface area contributed by atoms with E-state index in [1.54, 1.807) is 34.6 Å². The molecule has 12 amide bonds. The SMILES string of the molecule is CCC[C@H](NC(=O)C1CCCN1C(=O)[C@@H](NC(=O)[C@@H](NC(=O)[C@H](CCC(=O)O)NC(=O)[C@H](CCC(=O)O)NC(C)=O)C(C)C)C(C)C)C(=O)C(=O)NCC(=O)N[C@@H](CCS(C)=O)C(=O)N[C@@H](Cc1cnc[nH]1)C(=O)N[C@@H](Cc1ccc(O)cc1)C(=O)N[C@@H](CO)C(N)=O. The monoisotopic (exact) mass is 1330 g/mol. The number of amides is 12. The lowest BCUT2D eigenvalue weighted by atomic mass is 9.98. The van der Waals surface area contributed by atoms with Crippen LogP contribution in [0.5, 0.6) is 5.75 Å². The number of nitrogens with one attached hydrogen (secondary N) is 11. The molecule has 0 radical (unpaired) electrons. The summed E-state index contributed by atoms with van der Waals surface area (Å²) in [5.74, 6) is -17.0. The fraction of sp³-hybridized carbons (Fsp3) is 0.586. The average molecular weight is 1330 g/mol. The molecule has 17 N–H and O–H groups in total. The number of hydrogen-bond acceptors (Lipinski definition) is 19. The van der Waals surface area contributed by atoms with Crippen LogP contribution in [-0.4, -0.2) is 220 Å². The molecule has 93 heavy (non-hydrogen) atoms. The van der Waals surface area contributed by atoms with Crippen LogP contribution in [0, 0.1) is 11.8 Å². The van der Waals surface area contributed by atoms with Gasteiger partial charge in [0.05, 0.1) is 25.5 Å². The summed E-state index contributed by atoms with van der Waals surface area (Å²) in [6.45, 7) is 7.22.